The molecule has 0 amide bonds. The highest BCUT2D eigenvalue weighted by molar-refractivity contribution is 9.11. The van der Waals surface area contributed by atoms with Gasteiger partial charge in [0.25, 0.3) is 5.89 Å². The van der Waals surface area contributed by atoms with Crippen LogP contribution in [0.4, 0.5) is 5.69 Å². The monoisotopic (exact) mass is 321 g/mol. The van der Waals surface area contributed by atoms with Crippen LogP contribution in [0.2, 0.25) is 0 Å². The molecule has 0 radical (unpaired) electrons. The maximum absolute atomic E-state index is 5.63. The van der Waals surface area contributed by atoms with Gasteiger partial charge in [-0.25, -0.2) is 0 Å². The molecule has 0 aliphatic rings. The lowest BCUT2D eigenvalue weighted by Gasteiger charge is -1.94. The number of anilines is 1. The lowest BCUT2D eigenvalue weighted by Crippen LogP contribution is -1.84. The first-order chi connectivity index (χ1) is 8.72. The molecule has 0 fully saturated rings. The Balaban J connectivity index is 1.96. The van der Waals surface area contributed by atoms with Crippen LogP contribution < -0.4 is 5.73 Å². The molecule has 4 nitrogen and oxygen atoms in total. The summed E-state index contributed by atoms with van der Waals surface area (Å²) in [6.07, 6.45) is 0. The van der Waals surface area contributed by atoms with Crippen molar-refractivity contribution in [1.82, 2.24) is 10.1 Å². The van der Waals surface area contributed by atoms with E-state index in [1.54, 1.807) is 23.5 Å². The number of hydrogen-bond donors (Lipinski definition) is 1. The molecule has 3 aromatic rings. The smallest absolute Gasteiger partial charge is 0.258 e. The summed E-state index contributed by atoms with van der Waals surface area (Å²) in [5, 5.41) is 3.97. The summed E-state index contributed by atoms with van der Waals surface area (Å²) in [6.45, 7) is 0. The molecule has 0 unspecified atom stereocenters. The molecular weight excluding hydrogens is 314 g/mol. The van der Waals surface area contributed by atoms with E-state index in [0.717, 1.165) is 14.2 Å². The molecule has 0 atom stereocenters. The Morgan fingerprint density at radius 1 is 1.11 bits per heavy atom. The van der Waals surface area contributed by atoms with Gasteiger partial charge in [0.05, 0.1) is 8.66 Å². The number of nitrogens with two attached hydrogens (primary N) is 1. The van der Waals surface area contributed by atoms with Gasteiger partial charge in [0, 0.05) is 11.3 Å². The fourth-order valence-corrected chi connectivity index (χ4v) is 2.81. The van der Waals surface area contributed by atoms with E-state index in [1.165, 1.54) is 0 Å². The number of rotatable bonds is 2. The minimum atomic E-state index is 0.495. The number of nitrogen functional groups attached to an aromatic ring is 1. The third-order valence-electron chi connectivity index (χ3n) is 2.38. The number of thiophene rings is 1. The van der Waals surface area contributed by atoms with Gasteiger partial charge in [-0.2, -0.15) is 4.98 Å². The first kappa shape index (κ1) is 11.4. The number of aromatic nitrogens is 2. The Kier molecular flexibility index (Phi) is 2.89. The zero-order chi connectivity index (χ0) is 12.5. The summed E-state index contributed by atoms with van der Waals surface area (Å²) >= 11 is 4.97. The van der Waals surface area contributed by atoms with Gasteiger partial charge in [-0.05, 0) is 52.3 Å². The Morgan fingerprint density at radius 3 is 2.56 bits per heavy atom. The number of benzene rings is 1. The van der Waals surface area contributed by atoms with Crippen molar-refractivity contribution in [2.24, 2.45) is 0 Å². The van der Waals surface area contributed by atoms with Crippen molar-refractivity contribution in [3.8, 4) is 22.2 Å². The Morgan fingerprint density at radius 2 is 1.89 bits per heavy atom. The van der Waals surface area contributed by atoms with Crippen molar-refractivity contribution in [2.45, 2.75) is 0 Å². The highest BCUT2D eigenvalue weighted by Gasteiger charge is 2.11. The van der Waals surface area contributed by atoms with E-state index in [4.69, 9.17) is 10.3 Å². The molecule has 0 saturated heterocycles. The van der Waals surface area contributed by atoms with Gasteiger partial charge in [0.2, 0.25) is 5.82 Å². The molecule has 0 bridgehead atoms. The Labute approximate surface area is 116 Å². The zero-order valence-electron chi connectivity index (χ0n) is 9.13. The lowest BCUT2D eigenvalue weighted by atomic mass is 10.2. The van der Waals surface area contributed by atoms with Gasteiger partial charge in [0.15, 0.2) is 0 Å². The summed E-state index contributed by atoms with van der Waals surface area (Å²) in [6, 6.07) is 11.2. The van der Waals surface area contributed by atoms with Gasteiger partial charge in [-0.15, -0.1) is 11.3 Å². The average Bonchev–Trinajstić information content (AvgIpc) is 2.98. The SMILES string of the molecule is Nc1ccc(-c2nc(-c3ccc(Br)s3)no2)cc1. The van der Waals surface area contributed by atoms with Crippen molar-refractivity contribution in [3.63, 3.8) is 0 Å². The minimum Gasteiger partial charge on any atom is -0.399 e. The van der Waals surface area contributed by atoms with Crippen molar-refractivity contribution in [1.29, 1.82) is 0 Å². The zero-order valence-corrected chi connectivity index (χ0v) is 11.5. The second-order valence-corrected chi connectivity index (χ2v) is 6.11. The van der Waals surface area contributed by atoms with E-state index < -0.39 is 0 Å². The molecule has 2 aromatic heterocycles. The van der Waals surface area contributed by atoms with Crippen molar-refractivity contribution >= 4 is 33.0 Å². The molecule has 0 aliphatic heterocycles. The van der Waals surface area contributed by atoms with Gasteiger partial charge in [-0.3, -0.25) is 0 Å². The number of halogens is 1. The first-order valence-corrected chi connectivity index (χ1v) is 6.78. The summed E-state index contributed by atoms with van der Waals surface area (Å²) in [4.78, 5) is 5.33. The summed E-state index contributed by atoms with van der Waals surface area (Å²) in [7, 11) is 0. The fraction of sp³-hybridized carbons (Fsp3) is 0. The van der Waals surface area contributed by atoms with E-state index in [1.807, 2.05) is 24.3 Å². The molecule has 0 spiro atoms. The summed E-state index contributed by atoms with van der Waals surface area (Å²) in [5.41, 5.74) is 7.20. The molecule has 0 aliphatic carbocycles. The highest BCUT2D eigenvalue weighted by atomic mass is 79.9. The van der Waals surface area contributed by atoms with Crippen molar-refractivity contribution < 1.29 is 4.52 Å². The van der Waals surface area contributed by atoms with E-state index >= 15 is 0 Å². The Bertz CT molecular complexity index is 675. The lowest BCUT2D eigenvalue weighted by molar-refractivity contribution is 0.432. The van der Waals surface area contributed by atoms with Crippen molar-refractivity contribution in [3.05, 3.63) is 40.2 Å². The number of hydrogen-bond acceptors (Lipinski definition) is 5. The predicted octanol–water partition coefficient (Wildman–Crippen LogP) is 3.81. The standard InChI is InChI=1S/C12H8BrN3OS/c13-10-6-5-9(18-10)11-15-12(17-16-11)7-1-3-8(14)4-2-7/h1-6H,14H2. The van der Waals surface area contributed by atoms with Crippen molar-refractivity contribution in [2.75, 3.05) is 5.73 Å². The van der Waals surface area contributed by atoms with Gasteiger partial charge >= 0.3 is 0 Å². The number of nitrogens with zero attached hydrogens (tertiary/aromatic N) is 2. The second kappa shape index (κ2) is 4.55. The maximum atomic E-state index is 5.63. The Hall–Kier alpha value is -1.66. The van der Waals surface area contributed by atoms with E-state index in [-0.39, 0.29) is 0 Å². The molecule has 1 aromatic carbocycles. The maximum Gasteiger partial charge on any atom is 0.258 e. The molecule has 2 heterocycles. The summed E-state index contributed by atoms with van der Waals surface area (Å²) in [5.74, 6) is 1.09. The minimum absolute atomic E-state index is 0.495. The van der Waals surface area contributed by atoms with Crippen LogP contribution in [0.25, 0.3) is 22.2 Å². The van der Waals surface area contributed by atoms with Gasteiger partial charge in [0.1, 0.15) is 0 Å². The molecule has 18 heavy (non-hydrogen) atoms. The van der Waals surface area contributed by atoms with Crippen LogP contribution in [0.1, 0.15) is 0 Å². The third-order valence-corrected chi connectivity index (χ3v) is 4.00. The van der Waals surface area contributed by atoms with Crippen LogP contribution in [0.3, 0.4) is 0 Å². The molecule has 2 N–H and O–H groups in total. The molecule has 3 rings (SSSR count). The van der Waals surface area contributed by atoms with Crippen LogP contribution in [0, 0.1) is 0 Å². The molecule has 90 valence electrons. The first-order valence-electron chi connectivity index (χ1n) is 5.18. The van der Waals surface area contributed by atoms with Crippen LogP contribution in [0.15, 0.2) is 44.7 Å². The topological polar surface area (TPSA) is 64.9 Å². The van der Waals surface area contributed by atoms with E-state index in [0.29, 0.717) is 17.4 Å². The quantitative estimate of drug-likeness (QED) is 0.729. The predicted molar refractivity (Wildman–Crippen MR) is 75.2 cm³/mol. The van der Waals surface area contributed by atoms with Crippen LogP contribution >= 0.6 is 27.3 Å². The fourth-order valence-electron chi connectivity index (χ4n) is 1.50. The van der Waals surface area contributed by atoms with Crippen LogP contribution in [-0.4, -0.2) is 10.1 Å². The molecule has 0 saturated carbocycles. The van der Waals surface area contributed by atoms with Crippen LogP contribution in [0.5, 0.6) is 0 Å². The third kappa shape index (κ3) is 2.16. The van der Waals surface area contributed by atoms with Crippen LogP contribution in [-0.2, 0) is 0 Å². The highest BCUT2D eigenvalue weighted by Crippen LogP contribution is 2.30. The molecule has 6 heteroatoms. The second-order valence-electron chi connectivity index (χ2n) is 3.65. The average molecular weight is 322 g/mol. The normalized spacial score (nSPS) is 10.7. The largest absolute Gasteiger partial charge is 0.399 e. The van der Waals surface area contributed by atoms with E-state index in [9.17, 15) is 0 Å². The van der Waals surface area contributed by atoms with E-state index in [2.05, 4.69) is 26.1 Å². The molecular formula is C12H8BrN3OS. The van der Waals surface area contributed by atoms with Gasteiger partial charge < -0.3 is 10.3 Å². The summed E-state index contributed by atoms with van der Waals surface area (Å²) < 4.78 is 6.28. The van der Waals surface area contributed by atoms with Gasteiger partial charge in [-0.1, -0.05) is 5.16 Å².